The summed E-state index contributed by atoms with van der Waals surface area (Å²) in [7, 11) is 0. The third-order valence-corrected chi connectivity index (χ3v) is 3.81. The predicted molar refractivity (Wildman–Crippen MR) is 75.8 cm³/mol. The molecule has 6 heteroatoms. The molecule has 0 radical (unpaired) electrons. The van der Waals surface area contributed by atoms with Crippen LogP contribution in [0.25, 0.3) is 0 Å². The van der Waals surface area contributed by atoms with Crippen LogP contribution in [-0.4, -0.2) is 32.9 Å². The number of nitrogens with one attached hydrogen (secondary N) is 1. The van der Waals surface area contributed by atoms with Crippen molar-refractivity contribution in [3.05, 3.63) is 42.1 Å². The zero-order chi connectivity index (χ0) is 14.7. The molecule has 0 spiro atoms. The van der Waals surface area contributed by atoms with Crippen LogP contribution in [0.15, 0.2) is 35.0 Å². The summed E-state index contributed by atoms with van der Waals surface area (Å²) in [6.45, 7) is 0.492. The average Bonchev–Trinajstić information content (AvgIpc) is 3.13. The molecule has 2 aromatic heterocycles. The topological polar surface area (TPSA) is 80.3 Å². The van der Waals surface area contributed by atoms with Gasteiger partial charge >= 0.3 is 0 Å². The van der Waals surface area contributed by atoms with Crippen molar-refractivity contribution in [2.45, 2.75) is 44.4 Å². The van der Waals surface area contributed by atoms with Crippen LogP contribution in [0.3, 0.4) is 0 Å². The fourth-order valence-corrected chi connectivity index (χ4v) is 2.66. The third-order valence-electron chi connectivity index (χ3n) is 3.81. The average molecular weight is 289 g/mol. The van der Waals surface area contributed by atoms with Gasteiger partial charge in [0.15, 0.2) is 5.76 Å². The Hall–Kier alpha value is -2.08. The first-order valence-electron chi connectivity index (χ1n) is 7.27. The van der Waals surface area contributed by atoms with Gasteiger partial charge in [0.25, 0.3) is 5.91 Å². The van der Waals surface area contributed by atoms with Gasteiger partial charge in [0.1, 0.15) is 5.76 Å². The highest BCUT2D eigenvalue weighted by Gasteiger charge is 2.25. The predicted octanol–water partition coefficient (Wildman–Crippen LogP) is 1.56. The minimum absolute atomic E-state index is 0.175. The third kappa shape index (κ3) is 3.33. The molecule has 0 saturated heterocycles. The monoisotopic (exact) mass is 289 g/mol. The normalized spacial score (nSPS) is 22.1. The first-order valence-corrected chi connectivity index (χ1v) is 7.27. The summed E-state index contributed by atoms with van der Waals surface area (Å²) in [5.41, 5.74) is 0. The highest BCUT2D eigenvalue weighted by molar-refractivity contribution is 5.91. The number of furan rings is 1. The molecule has 112 valence electrons. The van der Waals surface area contributed by atoms with Crippen LogP contribution in [-0.2, 0) is 6.54 Å². The molecule has 1 amide bonds. The highest BCUT2D eigenvalue weighted by Crippen LogP contribution is 2.19. The molecule has 6 nitrogen and oxygen atoms in total. The second kappa shape index (κ2) is 6.13. The number of amides is 1. The molecule has 0 bridgehead atoms. The SMILES string of the molecule is O=C(NC1CCCCC1O)c1ccc(Cn2cccn2)o1. The van der Waals surface area contributed by atoms with Crippen LogP contribution in [0.4, 0.5) is 0 Å². The maximum atomic E-state index is 12.1. The molecule has 2 unspecified atom stereocenters. The number of hydrogen-bond acceptors (Lipinski definition) is 4. The molecule has 2 atom stereocenters. The molecular formula is C15H19N3O3. The first-order chi connectivity index (χ1) is 10.2. The van der Waals surface area contributed by atoms with Gasteiger partial charge in [0.2, 0.25) is 0 Å². The minimum atomic E-state index is -0.457. The summed E-state index contributed by atoms with van der Waals surface area (Å²) in [5.74, 6) is 0.677. The molecule has 0 aromatic carbocycles. The van der Waals surface area contributed by atoms with Gasteiger partial charge in [-0.3, -0.25) is 9.48 Å². The van der Waals surface area contributed by atoms with Gasteiger partial charge in [0, 0.05) is 12.4 Å². The van der Waals surface area contributed by atoms with Gasteiger partial charge in [-0.2, -0.15) is 5.10 Å². The van der Waals surface area contributed by atoms with E-state index < -0.39 is 6.10 Å². The van der Waals surface area contributed by atoms with Crippen LogP contribution >= 0.6 is 0 Å². The molecule has 0 aliphatic heterocycles. The van der Waals surface area contributed by atoms with E-state index in [0.29, 0.717) is 12.3 Å². The smallest absolute Gasteiger partial charge is 0.287 e. The summed E-state index contributed by atoms with van der Waals surface area (Å²) >= 11 is 0. The van der Waals surface area contributed by atoms with Crippen LogP contribution in [0, 0.1) is 0 Å². The van der Waals surface area contributed by atoms with Crippen molar-refractivity contribution >= 4 is 5.91 Å². The Labute approximate surface area is 122 Å². The molecule has 3 rings (SSSR count). The highest BCUT2D eigenvalue weighted by atomic mass is 16.4. The van der Waals surface area contributed by atoms with Crippen molar-refractivity contribution < 1.29 is 14.3 Å². The van der Waals surface area contributed by atoms with Gasteiger partial charge in [0.05, 0.1) is 18.7 Å². The lowest BCUT2D eigenvalue weighted by Crippen LogP contribution is -2.44. The minimum Gasteiger partial charge on any atom is -0.454 e. The van der Waals surface area contributed by atoms with E-state index in [-0.39, 0.29) is 17.7 Å². The first kappa shape index (κ1) is 13.9. The largest absolute Gasteiger partial charge is 0.454 e. The van der Waals surface area contributed by atoms with Crippen LogP contribution in [0.1, 0.15) is 42.0 Å². The molecule has 1 aliphatic carbocycles. The fourth-order valence-electron chi connectivity index (χ4n) is 2.66. The van der Waals surface area contributed by atoms with E-state index in [1.807, 2.05) is 12.3 Å². The second-order valence-electron chi connectivity index (χ2n) is 5.40. The van der Waals surface area contributed by atoms with E-state index in [0.717, 1.165) is 25.7 Å². The number of aliphatic hydroxyl groups excluding tert-OH is 1. The Balaban J connectivity index is 1.61. The molecular weight excluding hydrogens is 270 g/mol. The zero-order valence-corrected chi connectivity index (χ0v) is 11.7. The van der Waals surface area contributed by atoms with Crippen molar-refractivity contribution in [2.24, 2.45) is 0 Å². The van der Waals surface area contributed by atoms with E-state index >= 15 is 0 Å². The van der Waals surface area contributed by atoms with Crippen molar-refractivity contribution in [2.75, 3.05) is 0 Å². The number of rotatable bonds is 4. The van der Waals surface area contributed by atoms with Gasteiger partial charge < -0.3 is 14.8 Å². The Morgan fingerprint density at radius 1 is 1.43 bits per heavy atom. The number of nitrogens with zero attached hydrogens (tertiary/aromatic N) is 2. The maximum absolute atomic E-state index is 12.1. The van der Waals surface area contributed by atoms with E-state index in [1.165, 1.54) is 0 Å². The Morgan fingerprint density at radius 3 is 3.05 bits per heavy atom. The summed E-state index contributed by atoms with van der Waals surface area (Å²) in [6, 6.07) is 5.09. The second-order valence-corrected chi connectivity index (χ2v) is 5.40. The Bertz CT molecular complexity index is 591. The molecule has 2 heterocycles. The van der Waals surface area contributed by atoms with E-state index in [1.54, 1.807) is 23.0 Å². The summed E-state index contributed by atoms with van der Waals surface area (Å²) in [5, 5.41) is 16.8. The molecule has 1 aliphatic rings. The molecule has 1 saturated carbocycles. The fraction of sp³-hybridized carbons (Fsp3) is 0.467. The van der Waals surface area contributed by atoms with E-state index in [4.69, 9.17) is 4.42 Å². The van der Waals surface area contributed by atoms with Gasteiger partial charge in [-0.1, -0.05) is 12.8 Å². The van der Waals surface area contributed by atoms with E-state index in [2.05, 4.69) is 10.4 Å². The Morgan fingerprint density at radius 2 is 2.29 bits per heavy atom. The zero-order valence-electron chi connectivity index (χ0n) is 11.7. The summed E-state index contributed by atoms with van der Waals surface area (Å²) in [6.07, 6.45) is 6.68. The lowest BCUT2D eigenvalue weighted by atomic mass is 9.92. The van der Waals surface area contributed by atoms with Crippen molar-refractivity contribution in [1.29, 1.82) is 0 Å². The van der Waals surface area contributed by atoms with Gasteiger partial charge in [-0.25, -0.2) is 0 Å². The molecule has 1 fully saturated rings. The summed E-state index contributed by atoms with van der Waals surface area (Å²) in [4.78, 5) is 12.1. The van der Waals surface area contributed by atoms with Gasteiger partial charge in [-0.15, -0.1) is 0 Å². The number of carbonyl (C=O) groups is 1. The lowest BCUT2D eigenvalue weighted by Gasteiger charge is -2.27. The van der Waals surface area contributed by atoms with Gasteiger partial charge in [-0.05, 0) is 31.0 Å². The number of carbonyl (C=O) groups excluding carboxylic acids is 1. The van der Waals surface area contributed by atoms with Crippen LogP contribution < -0.4 is 5.32 Å². The van der Waals surface area contributed by atoms with Crippen molar-refractivity contribution in [3.8, 4) is 0 Å². The van der Waals surface area contributed by atoms with Crippen molar-refractivity contribution in [1.82, 2.24) is 15.1 Å². The molecule has 2 aromatic rings. The summed E-state index contributed by atoms with van der Waals surface area (Å²) < 4.78 is 7.27. The number of aliphatic hydroxyl groups is 1. The number of hydrogen-bond donors (Lipinski definition) is 2. The van der Waals surface area contributed by atoms with Crippen molar-refractivity contribution in [3.63, 3.8) is 0 Å². The van der Waals surface area contributed by atoms with E-state index in [9.17, 15) is 9.90 Å². The Kier molecular flexibility index (Phi) is 4.06. The van der Waals surface area contributed by atoms with Crippen LogP contribution in [0.2, 0.25) is 0 Å². The van der Waals surface area contributed by atoms with Crippen LogP contribution in [0.5, 0.6) is 0 Å². The molecule has 21 heavy (non-hydrogen) atoms. The number of aromatic nitrogens is 2. The molecule has 2 N–H and O–H groups in total. The standard InChI is InChI=1S/C15H19N3O3/c19-13-5-2-1-4-12(13)17-15(20)14-7-6-11(21-14)10-18-9-3-8-16-18/h3,6-9,12-13,19H,1-2,4-5,10H2,(H,17,20). The maximum Gasteiger partial charge on any atom is 0.287 e. The quantitative estimate of drug-likeness (QED) is 0.895. The lowest BCUT2D eigenvalue weighted by molar-refractivity contribution is 0.0697.